The Bertz CT molecular complexity index is 1330. The summed E-state index contributed by atoms with van der Waals surface area (Å²) in [5.74, 6) is 0.627. The third-order valence-corrected chi connectivity index (χ3v) is 6.90. The number of aryl methyl sites for hydroxylation is 2. The predicted octanol–water partition coefficient (Wildman–Crippen LogP) is 3.94. The van der Waals surface area contributed by atoms with Crippen molar-refractivity contribution in [1.29, 1.82) is 0 Å². The highest BCUT2D eigenvalue weighted by molar-refractivity contribution is 7.91. The quantitative estimate of drug-likeness (QED) is 0.537. The van der Waals surface area contributed by atoms with E-state index in [2.05, 4.69) is 34.5 Å². The van der Waals surface area contributed by atoms with Crippen molar-refractivity contribution in [2.24, 2.45) is 0 Å². The van der Waals surface area contributed by atoms with Gasteiger partial charge in [-0.2, -0.15) is 4.52 Å². The van der Waals surface area contributed by atoms with Gasteiger partial charge < -0.3 is 5.32 Å². The number of nitrogens with zero attached hydrogens (tertiary/aromatic N) is 4. The summed E-state index contributed by atoms with van der Waals surface area (Å²) >= 11 is 0. The summed E-state index contributed by atoms with van der Waals surface area (Å²) in [6, 6.07) is 13.2. The molecule has 0 saturated heterocycles. The van der Waals surface area contributed by atoms with E-state index in [1.54, 1.807) is 19.1 Å². The first kappa shape index (κ1) is 19.3. The average Bonchev–Trinajstić information content (AvgIpc) is 3.14. The number of benzene rings is 2. The zero-order chi connectivity index (χ0) is 20.8. The van der Waals surface area contributed by atoms with Crippen LogP contribution in [0.25, 0.3) is 16.6 Å². The van der Waals surface area contributed by atoms with Crippen LogP contribution in [0.5, 0.6) is 0 Å². The Morgan fingerprint density at radius 1 is 1.14 bits per heavy atom. The molecule has 1 atom stereocenters. The van der Waals surface area contributed by atoms with Crippen LogP contribution in [0.15, 0.2) is 52.4 Å². The highest BCUT2D eigenvalue weighted by Gasteiger charge is 2.28. The first-order valence-corrected chi connectivity index (χ1v) is 11.0. The molecule has 8 heteroatoms. The van der Waals surface area contributed by atoms with Gasteiger partial charge in [0, 0.05) is 11.4 Å². The van der Waals surface area contributed by atoms with Crippen LogP contribution in [0, 0.1) is 13.8 Å². The maximum atomic E-state index is 13.4. The Morgan fingerprint density at radius 2 is 1.90 bits per heavy atom. The van der Waals surface area contributed by atoms with E-state index >= 15 is 0 Å². The fourth-order valence-corrected chi connectivity index (χ4v) is 4.82. The minimum atomic E-state index is -3.88. The number of para-hydroxylation sites is 1. The minimum Gasteiger partial charge on any atom is -0.367 e. The number of nitrogens with one attached hydrogen (secondary N) is 1. The van der Waals surface area contributed by atoms with Crippen molar-refractivity contribution in [3.05, 3.63) is 53.6 Å². The number of hydrogen-bond acceptors (Lipinski definition) is 6. The lowest BCUT2D eigenvalue weighted by Crippen LogP contribution is -2.15. The van der Waals surface area contributed by atoms with Gasteiger partial charge in [-0.25, -0.2) is 13.4 Å². The van der Waals surface area contributed by atoms with Gasteiger partial charge in [0.15, 0.2) is 5.65 Å². The SMILES string of the molecule is CC[C@@H](C)Nc1nc2c(S(=O)(=O)c3cc(C)ccc3C)nnn2c2ccccc12. The fraction of sp³-hybridized carbons (Fsp3) is 0.286. The lowest BCUT2D eigenvalue weighted by atomic mass is 10.2. The molecule has 0 aliphatic carbocycles. The van der Waals surface area contributed by atoms with Crippen LogP contribution in [-0.2, 0) is 9.84 Å². The van der Waals surface area contributed by atoms with Crippen LogP contribution in [0.1, 0.15) is 31.4 Å². The molecule has 0 radical (unpaired) electrons. The van der Waals surface area contributed by atoms with Crippen molar-refractivity contribution in [2.45, 2.75) is 50.1 Å². The number of fused-ring (bicyclic) bond motifs is 3. The summed E-state index contributed by atoms with van der Waals surface area (Å²) in [7, 11) is -3.88. The van der Waals surface area contributed by atoms with E-state index in [0.717, 1.165) is 22.9 Å². The Labute approximate surface area is 169 Å². The van der Waals surface area contributed by atoms with Crippen molar-refractivity contribution in [3.8, 4) is 0 Å². The number of anilines is 1. The fourth-order valence-electron chi connectivity index (χ4n) is 3.27. The largest absolute Gasteiger partial charge is 0.367 e. The highest BCUT2D eigenvalue weighted by atomic mass is 32.2. The van der Waals surface area contributed by atoms with Crippen molar-refractivity contribution in [3.63, 3.8) is 0 Å². The smallest absolute Gasteiger partial charge is 0.229 e. The molecule has 0 amide bonds. The van der Waals surface area contributed by atoms with Crippen LogP contribution >= 0.6 is 0 Å². The Hall–Kier alpha value is -3.00. The van der Waals surface area contributed by atoms with Crippen molar-refractivity contribution in [1.82, 2.24) is 19.8 Å². The molecule has 2 heterocycles. The first-order valence-electron chi connectivity index (χ1n) is 9.56. The van der Waals surface area contributed by atoms with Gasteiger partial charge in [-0.15, -0.1) is 5.10 Å². The van der Waals surface area contributed by atoms with Crippen LogP contribution in [0.3, 0.4) is 0 Å². The molecule has 0 saturated carbocycles. The van der Waals surface area contributed by atoms with Gasteiger partial charge in [-0.3, -0.25) is 0 Å². The monoisotopic (exact) mass is 409 g/mol. The molecular weight excluding hydrogens is 386 g/mol. The lowest BCUT2D eigenvalue weighted by molar-refractivity contribution is 0.592. The summed E-state index contributed by atoms with van der Waals surface area (Å²) in [5.41, 5.74) is 2.49. The normalized spacial score (nSPS) is 13.1. The topological polar surface area (TPSA) is 89.2 Å². The van der Waals surface area contributed by atoms with Gasteiger partial charge in [0.05, 0.1) is 10.4 Å². The third-order valence-electron chi connectivity index (χ3n) is 5.11. The second-order valence-electron chi connectivity index (χ2n) is 7.33. The molecule has 2 aromatic heterocycles. The molecule has 150 valence electrons. The van der Waals surface area contributed by atoms with E-state index in [-0.39, 0.29) is 21.6 Å². The molecule has 1 N–H and O–H groups in total. The van der Waals surface area contributed by atoms with E-state index in [1.165, 1.54) is 4.52 Å². The maximum absolute atomic E-state index is 13.4. The van der Waals surface area contributed by atoms with Crippen molar-refractivity contribution >= 4 is 32.2 Å². The third kappa shape index (κ3) is 3.23. The molecule has 0 aliphatic heterocycles. The number of aromatic nitrogens is 4. The van der Waals surface area contributed by atoms with E-state index in [4.69, 9.17) is 0 Å². The van der Waals surface area contributed by atoms with Crippen LogP contribution < -0.4 is 5.32 Å². The predicted molar refractivity (Wildman–Crippen MR) is 113 cm³/mol. The zero-order valence-electron chi connectivity index (χ0n) is 16.8. The molecule has 0 fully saturated rings. The van der Waals surface area contributed by atoms with Crippen LogP contribution in [0.2, 0.25) is 0 Å². The van der Waals surface area contributed by atoms with Crippen molar-refractivity contribution < 1.29 is 8.42 Å². The molecule has 0 unspecified atom stereocenters. The molecule has 4 aromatic rings. The Kier molecular flexibility index (Phi) is 4.74. The number of sulfone groups is 1. The molecule has 0 bridgehead atoms. The van der Waals surface area contributed by atoms with Gasteiger partial charge in [0.25, 0.3) is 0 Å². The molecule has 4 rings (SSSR count). The van der Waals surface area contributed by atoms with E-state index < -0.39 is 9.84 Å². The van der Waals surface area contributed by atoms with Gasteiger partial charge in [-0.05, 0) is 56.5 Å². The van der Waals surface area contributed by atoms with E-state index in [9.17, 15) is 8.42 Å². The van der Waals surface area contributed by atoms with Gasteiger partial charge in [0.2, 0.25) is 14.9 Å². The van der Waals surface area contributed by atoms with Gasteiger partial charge in [-0.1, -0.05) is 36.4 Å². The molecule has 7 nitrogen and oxygen atoms in total. The standard InChI is InChI=1S/C21H23N5O2S/c1-5-15(4)22-19-16-8-6-7-9-17(16)26-20(23-19)21(24-25-26)29(27,28)18-12-13(2)10-11-14(18)3/h6-12,15H,5H2,1-4H3,(H,22,23)/t15-/m1/s1. The Morgan fingerprint density at radius 3 is 2.66 bits per heavy atom. The van der Waals surface area contributed by atoms with Gasteiger partial charge >= 0.3 is 0 Å². The summed E-state index contributed by atoms with van der Waals surface area (Å²) in [5, 5.41) is 12.3. The second kappa shape index (κ2) is 7.11. The van der Waals surface area contributed by atoms with Crippen LogP contribution in [-0.4, -0.2) is 34.3 Å². The lowest BCUT2D eigenvalue weighted by Gasteiger charge is -2.15. The molecule has 2 aromatic carbocycles. The first-order chi connectivity index (χ1) is 13.8. The highest BCUT2D eigenvalue weighted by Crippen LogP contribution is 2.29. The zero-order valence-corrected chi connectivity index (χ0v) is 17.7. The number of hydrogen-bond donors (Lipinski definition) is 1. The molecule has 0 spiro atoms. The van der Waals surface area contributed by atoms with Crippen molar-refractivity contribution in [2.75, 3.05) is 5.32 Å². The van der Waals surface area contributed by atoms with Gasteiger partial charge in [0.1, 0.15) is 5.82 Å². The number of rotatable bonds is 5. The summed E-state index contributed by atoms with van der Waals surface area (Å²) in [4.78, 5) is 4.87. The summed E-state index contributed by atoms with van der Waals surface area (Å²) in [6.45, 7) is 7.77. The maximum Gasteiger partial charge on any atom is 0.229 e. The molecular formula is C21H23N5O2S. The summed E-state index contributed by atoms with van der Waals surface area (Å²) < 4.78 is 28.4. The van der Waals surface area contributed by atoms with E-state index in [0.29, 0.717) is 11.4 Å². The summed E-state index contributed by atoms with van der Waals surface area (Å²) in [6.07, 6.45) is 0.909. The molecule has 29 heavy (non-hydrogen) atoms. The second-order valence-corrected chi connectivity index (χ2v) is 9.17. The van der Waals surface area contributed by atoms with E-state index in [1.807, 2.05) is 37.3 Å². The average molecular weight is 410 g/mol. The van der Waals surface area contributed by atoms with Crippen LogP contribution in [0.4, 0.5) is 5.82 Å². The minimum absolute atomic E-state index is 0.135. The Balaban J connectivity index is 2.01. The molecule has 0 aliphatic rings.